The molecule has 1 rings (SSSR count). The molecule has 0 radical (unpaired) electrons. The standard InChI is InChI=1S/C16H26ClN3O2/c1-11(21)9-16(2,3)10-18-15(22)19-13-8-12(17)6-7-14(13)20(4)5/h6-8,11,21H,9-10H2,1-5H3,(H2,18,19,22). The summed E-state index contributed by atoms with van der Waals surface area (Å²) in [6.45, 7) is 6.23. The molecule has 0 aliphatic carbocycles. The summed E-state index contributed by atoms with van der Waals surface area (Å²) in [5.74, 6) is 0. The van der Waals surface area contributed by atoms with E-state index in [0.717, 1.165) is 5.69 Å². The van der Waals surface area contributed by atoms with Crippen LogP contribution in [0.2, 0.25) is 5.02 Å². The highest BCUT2D eigenvalue weighted by molar-refractivity contribution is 6.31. The van der Waals surface area contributed by atoms with Crippen molar-refractivity contribution in [2.45, 2.75) is 33.3 Å². The summed E-state index contributed by atoms with van der Waals surface area (Å²) in [5, 5.41) is 15.7. The van der Waals surface area contributed by atoms with Gasteiger partial charge in [0, 0.05) is 25.7 Å². The van der Waals surface area contributed by atoms with Gasteiger partial charge in [-0.05, 0) is 37.0 Å². The van der Waals surface area contributed by atoms with Gasteiger partial charge >= 0.3 is 6.03 Å². The zero-order chi connectivity index (χ0) is 16.9. The van der Waals surface area contributed by atoms with Crippen molar-refractivity contribution in [2.24, 2.45) is 5.41 Å². The Kier molecular flexibility index (Phi) is 6.50. The largest absolute Gasteiger partial charge is 0.393 e. The van der Waals surface area contributed by atoms with E-state index >= 15 is 0 Å². The number of hydrogen-bond acceptors (Lipinski definition) is 3. The number of carbonyl (C=O) groups excluding carboxylic acids is 1. The quantitative estimate of drug-likeness (QED) is 0.751. The number of amides is 2. The Hall–Kier alpha value is -1.46. The number of anilines is 2. The molecule has 0 bridgehead atoms. The number of nitrogens with zero attached hydrogens (tertiary/aromatic N) is 1. The maximum Gasteiger partial charge on any atom is 0.319 e. The van der Waals surface area contributed by atoms with E-state index in [0.29, 0.717) is 23.7 Å². The Labute approximate surface area is 137 Å². The zero-order valence-electron chi connectivity index (χ0n) is 13.9. The van der Waals surface area contributed by atoms with Gasteiger partial charge in [0.15, 0.2) is 0 Å². The maximum absolute atomic E-state index is 12.1. The molecule has 124 valence electrons. The SMILES string of the molecule is CC(O)CC(C)(C)CNC(=O)Nc1cc(Cl)ccc1N(C)C. The summed E-state index contributed by atoms with van der Waals surface area (Å²) < 4.78 is 0. The first-order valence-electron chi connectivity index (χ1n) is 7.30. The summed E-state index contributed by atoms with van der Waals surface area (Å²) in [6.07, 6.45) is 0.223. The van der Waals surface area contributed by atoms with Crippen molar-refractivity contribution in [2.75, 3.05) is 30.9 Å². The van der Waals surface area contributed by atoms with Crippen LogP contribution in [0.4, 0.5) is 16.2 Å². The molecular weight excluding hydrogens is 302 g/mol. The second kappa shape index (κ2) is 7.70. The van der Waals surface area contributed by atoms with Gasteiger partial charge < -0.3 is 20.6 Å². The number of carbonyl (C=O) groups is 1. The van der Waals surface area contributed by atoms with Crippen molar-refractivity contribution in [1.29, 1.82) is 0 Å². The zero-order valence-corrected chi connectivity index (χ0v) is 14.7. The lowest BCUT2D eigenvalue weighted by molar-refractivity contribution is 0.129. The van der Waals surface area contributed by atoms with Crippen LogP contribution in [0, 0.1) is 5.41 Å². The van der Waals surface area contributed by atoms with Gasteiger partial charge in [0.25, 0.3) is 0 Å². The lowest BCUT2D eigenvalue weighted by atomic mass is 9.87. The minimum Gasteiger partial charge on any atom is -0.393 e. The molecule has 0 aliphatic rings. The number of urea groups is 1. The number of nitrogens with one attached hydrogen (secondary N) is 2. The lowest BCUT2D eigenvalue weighted by Gasteiger charge is -2.26. The Balaban J connectivity index is 2.68. The van der Waals surface area contributed by atoms with Gasteiger partial charge in [0.1, 0.15) is 0 Å². The maximum atomic E-state index is 12.1. The average Bonchev–Trinajstić information content (AvgIpc) is 2.34. The molecule has 2 amide bonds. The fourth-order valence-electron chi connectivity index (χ4n) is 2.36. The molecule has 0 saturated heterocycles. The van der Waals surface area contributed by atoms with Crippen LogP contribution in [0.3, 0.4) is 0 Å². The summed E-state index contributed by atoms with van der Waals surface area (Å²) in [7, 11) is 3.80. The van der Waals surface area contributed by atoms with E-state index in [4.69, 9.17) is 11.6 Å². The van der Waals surface area contributed by atoms with Crippen LogP contribution < -0.4 is 15.5 Å². The fraction of sp³-hybridized carbons (Fsp3) is 0.562. The number of hydrogen-bond donors (Lipinski definition) is 3. The number of rotatable bonds is 6. The molecule has 1 unspecified atom stereocenters. The highest BCUT2D eigenvalue weighted by Crippen LogP contribution is 2.28. The molecule has 1 aromatic carbocycles. The Morgan fingerprint density at radius 3 is 2.59 bits per heavy atom. The van der Waals surface area contributed by atoms with Gasteiger partial charge in [0.2, 0.25) is 0 Å². The number of halogens is 1. The van der Waals surface area contributed by atoms with Crippen LogP contribution >= 0.6 is 11.6 Å². The molecule has 5 nitrogen and oxygen atoms in total. The molecule has 0 aromatic heterocycles. The van der Waals surface area contributed by atoms with E-state index in [1.807, 2.05) is 38.9 Å². The summed E-state index contributed by atoms with van der Waals surface area (Å²) in [4.78, 5) is 14.0. The first-order chi connectivity index (χ1) is 10.1. The number of benzene rings is 1. The van der Waals surface area contributed by atoms with Gasteiger partial charge in [-0.3, -0.25) is 0 Å². The van der Waals surface area contributed by atoms with Gasteiger partial charge in [-0.2, -0.15) is 0 Å². The van der Waals surface area contributed by atoms with Crippen LogP contribution in [0.1, 0.15) is 27.2 Å². The predicted molar refractivity (Wildman–Crippen MR) is 92.9 cm³/mol. The monoisotopic (exact) mass is 327 g/mol. The fourth-order valence-corrected chi connectivity index (χ4v) is 2.53. The average molecular weight is 328 g/mol. The first-order valence-corrected chi connectivity index (χ1v) is 7.68. The topological polar surface area (TPSA) is 64.6 Å². The molecule has 0 saturated carbocycles. The second-order valence-corrected chi connectivity index (χ2v) is 7.02. The summed E-state index contributed by atoms with van der Waals surface area (Å²) in [5.41, 5.74) is 1.36. The highest BCUT2D eigenvalue weighted by Gasteiger charge is 2.21. The molecule has 3 N–H and O–H groups in total. The summed E-state index contributed by atoms with van der Waals surface area (Å²) in [6, 6.07) is 5.07. The molecule has 0 aliphatic heterocycles. The number of aliphatic hydroxyl groups excluding tert-OH is 1. The van der Waals surface area contributed by atoms with Crippen LogP contribution in [0.15, 0.2) is 18.2 Å². The first kappa shape index (κ1) is 18.6. The Morgan fingerprint density at radius 1 is 1.41 bits per heavy atom. The molecule has 1 atom stereocenters. The van der Waals surface area contributed by atoms with E-state index in [1.54, 1.807) is 19.1 Å². The molecule has 0 heterocycles. The van der Waals surface area contributed by atoms with Crippen molar-refractivity contribution in [1.82, 2.24) is 5.32 Å². The van der Waals surface area contributed by atoms with Gasteiger partial charge in [0.05, 0.1) is 17.5 Å². The van der Waals surface area contributed by atoms with Gasteiger partial charge in [-0.15, -0.1) is 0 Å². The third-order valence-corrected chi connectivity index (χ3v) is 3.50. The normalized spacial score (nSPS) is 12.7. The van der Waals surface area contributed by atoms with Crippen LogP contribution in [0.25, 0.3) is 0 Å². The van der Waals surface area contributed by atoms with E-state index in [9.17, 15) is 9.90 Å². The number of aliphatic hydroxyl groups is 1. The van der Waals surface area contributed by atoms with Gasteiger partial charge in [-0.1, -0.05) is 25.4 Å². The third kappa shape index (κ3) is 6.12. The minimum atomic E-state index is -0.395. The molecule has 1 aromatic rings. The van der Waals surface area contributed by atoms with E-state index in [-0.39, 0.29) is 11.4 Å². The van der Waals surface area contributed by atoms with E-state index < -0.39 is 6.10 Å². The lowest BCUT2D eigenvalue weighted by Crippen LogP contribution is -2.38. The van der Waals surface area contributed by atoms with Crippen molar-refractivity contribution in [3.8, 4) is 0 Å². The predicted octanol–water partition coefficient (Wildman–Crippen LogP) is 3.32. The molecule has 6 heteroatoms. The second-order valence-electron chi connectivity index (χ2n) is 6.58. The minimum absolute atomic E-state index is 0.176. The van der Waals surface area contributed by atoms with E-state index in [1.165, 1.54) is 0 Å². The molecule has 0 fully saturated rings. The van der Waals surface area contributed by atoms with E-state index in [2.05, 4.69) is 10.6 Å². The summed E-state index contributed by atoms with van der Waals surface area (Å²) >= 11 is 5.99. The molecule has 22 heavy (non-hydrogen) atoms. The van der Waals surface area contributed by atoms with Gasteiger partial charge in [-0.25, -0.2) is 4.79 Å². The van der Waals surface area contributed by atoms with Crippen LogP contribution in [0.5, 0.6) is 0 Å². The Bertz CT molecular complexity index is 516. The van der Waals surface area contributed by atoms with Crippen molar-refractivity contribution in [3.63, 3.8) is 0 Å². The highest BCUT2D eigenvalue weighted by atomic mass is 35.5. The van der Waals surface area contributed by atoms with Crippen molar-refractivity contribution >= 4 is 29.0 Å². The van der Waals surface area contributed by atoms with Crippen molar-refractivity contribution in [3.05, 3.63) is 23.2 Å². The van der Waals surface area contributed by atoms with Crippen molar-refractivity contribution < 1.29 is 9.90 Å². The Morgan fingerprint density at radius 2 is 2.05 bits per heavy atom. The molecular formula is C16H26ClN3O2. The smallest absolute Gasteiger partial charge is 0.319 e. The third-order valence-electron chi connectivity index (χ3n) is 3.26. The van der Waals surface area contributed by atoms with Crippen LogP contribution in [-0.4, -0.2) is 37.9 Å². The van der Waals surface area contributed by atoms with Crippen LogP contribution in [-0.2, 0) is 0 Å². The molecule has 0 spiro atoms.